The molecule has 1 N–H and O–H groups in total. The fourth-order valence-corrected chi connectivity index (χ4v) is 1.58. The third-order valence-corrected chi connectivity index (χ3v) is 2.61. The molecule has 1 aromatic rings. The lowest BCUT2D eigenvalue weighted by Crippen LogP contribution is -1.97. The summed E-state index contributed by atoms with van der Waals surface area (Å²) in [6.45, 7) is 0. The van der Waals surface area contributed by atoms with Crippen LogP contribution in [-0.2, 0) is 5.33 Å². The van der Waals surface area contributed by atoms with Crippen molar-refractivity contribution in [3.05, 3.63) is 21.9 Å². The Labute approximate surface area is 90.2 Å². The molecule has 0 aliphatic heterocycles. The monoisotopic (exact) mass is 315 g/mol. The van der Waals surface area contributed by atoms with Crippen molar-refractivity contribution in [2.24, 2.45) is 0 Å². The first-order valence-corrected chi connectivity index (χ1v) is 5.20. The van der Waals surface area contributed by atoms with Crippen molar-refractivity contribution in [2.45, 2.75) is 11.8 Å². The van der Waals surface area contributed by atoms with E-state index in [9.17, 15) is 8.78 Å². The van der Waals surface area contributed by atoms with Gasteiger partial charge in [-0.2, -0.15) is 0 Å². The first kappa shape index (κ1) is 10.8. The SMILES string of the molecule is Oc1cc(CBr)c(C(F)F)nc1Br. The maximum absolute atomic E-state index is 12.3. The zero-order valence-electron chi connectivity index (χ0n) is 6.27. The third kappa shape index (κ3) is 2.37. The average Bonchev–Trinajstić information content (AvgIpc) is 2.08. The van der Waals surface area contributed by atoms with Gasteiger partial charge in [-0.25, -0.2) is 13.8 Å². The second-order valence-corrected chi connectivity index (χ2v) is 3.59. The van der Waals surface area contributed by atoms with Gasteiger partial charge in [0.15, 0.2) is 0 Å². The predicted octanol–water partition coefficient (Wildman–Crippen LogP) is 3.38. The number of aromatic hydroxyl groups is 1. The summed E-state index contributed by atoms with van der Waals surface area (Å²) in [5, 5.41) is 9.40. The molecule has 0 bridgehead atoms. The van der Waals surface area contributed by atoms with Gasteiger partial charge in [0, 0.05) is 5.33 Å². The van der Waals surface area contributed by atoms with Crippen LogP contribution in [0.25, 0.3) is 0 Å². The molecule has 0 amide bonds. The van der Waals surface area contributed by atoms with E-state index >= 15 is 0 Å². The average molecular weight is 317 g/mol. The first-order valence-electron chi connectivity index (χ1n) is 3.28. The molecule has 0 spiro atoms. The van der Waals surface area contributed by atoms with Crippen LogP contribution >= 0.6 is 31.9 Å². The second-order valence-electron chi connectivity index (χ2n) is 2.28. The summed E-state index contributed by atoms with van der Waals surface area (Å²) < 4.78 is 24.7. The highest BCUT2D eigenvalue weighted by Crippen LogP contribution is 2.30. The Bertz CT molecular complexity index is 320. The quantitative estimate of drug-likeness (QED) is 0.670. The second kappa shape index (κ2) is 4.32. The highest BCUT2D eigenvalue weighted by molar-refractivity contribution is 9.10. The molecule has 0 aromatic carbocycles. The highest BCUT2D eigenvalue weighted by atomic mass is 79.9. The Morgan fingerprint density at radius 2 is 2.15 bits per heavy atom. The standard InChI is InChI=1S/C7H5Br2F2NO/c8-2-3-1-4(13)6(9)12-5(3)7(10)11/h1,7,13H,2H2. The number of rotatable bonds is 2. The van der Waals surface area contributed by atoms with Crippen molar-refractivity contribution in [3.63, 3.8) is 0 Å². The molecule has 13 heavy (non-hydrogen) atoms. The van der Waals surface area contributed by atoms with E-state index in [4.69, 9.17) is 5.11 Å². The number of pyridine rings is 1. The van der Waals surface area contributed by atoms with E-state index in [1.54, 1.807) is 0 Å². The molecule has 0 unspecified atom stereocenters. The van der Waals surface area contributed by atoms with Crippen LogP contribution in [0.15, 0.2) is 10.7 Å². The molecule has 0 saturated heterocycles. The fraction of sp³-hybridized carbons (Fsp3) is 0.286. The van der Waals surface area contributed by atoms with Crippen LogP contribution in [0.3, 0.4) is 0 Å². The maximum Gasteiger partial charge on any atom is 0.280 e. The normalized spacial score (nSPS) is 10.8. The zero-order valence-corrected chi connectivity index (χ0v) is 9.44. The largest absolute Gasteiger partial charge is 0.505 e. The van der Waals surface area contributed by atoms with Crippen molar-refractivity contribution in [2.75, 3.05) is 0 Å². The van der Waals surface area contributed by atoms with Gasteiger partial charge in [0.05, 0.1) is 0 Å². The fourth-order valence-electron chi connectivity index (χ4n) is 0.829. The molecule has 6 heteroatoms. The molecular formula is C7H5Br2F2NO. The minimum atomic E-state index is -2.63. The van der Waals surface area contributed by atoms with Crippen molar-refractivity contribution < 1.29 is 13.9 Å². The van der Waals surface area contributed by atoms with Crippen LogP contribution in [0, 0.1) is 0 Å². The van der Waals surface area contributed by atoms with Gasteiger partial charge in [-0.3, -0.25) is 0 Å². The summed E-state index contributed by atoms with van der Waals surface area (Å²) in [5.41, 5.74) is -0.0303. The molecular weight excluding hydrogens is 312 g/mol. The summed E-state index contributed by atoms with van der Waals surface area (Å²) in [6, 6.07) is 1.26. The number of hydrogen-bond acceptors (Lipinski definition) is 2. The van der Waals surface area contributed by atoms with Gasteiger partial charge in [0.25, 0.3) is 6.43 Å². The molecule has 1 heterocycles. The summed E-state index contributed by atoms with van der Waals surface area (Å²) in [7, 11) is 0. The lowest BCUT2D eigenvalue weighted by molar-refractivity contribution is 0.145. The van der Waals surface area contributed by atoms with Gasteiger partial charge in [0.1, 0.15) is 16.0 Å². The van der Waals surface area contributed by atoms with Crippen LogP contribution in [0.1, 0.15) is 17.7 Å². The smallest absolute Gasteiger partial charge is 0.280 e. The minimum absolute atomic E-state index is 0.0347. The molecule has 0 atom stereocenters. The van der Waals surface area contributed by atoms with Crippen molar-refractivity contribution >= 4 is 31.9 Å². The van der Waals surface area contributed by atoms with Gasteiger partial charge in [-0.05, 0) is 27.6 Å². The Morgan fingerprint density at radius 1 is 1.54 bits per heavy atom. The predicted molar refractivity (Wildman–Crippen MR) is 51.2 cm³/mol. The number of halogens is 4. The van der Waals surface area contributed by atoms with Crippen LogP contribution in [-0.4, -0.2) is 10.1 Å². The summed E-state index contributed by atoms with van der Waals surface area (Å²) >= 11 is 5.90. The van der Waals surface area contributed by atoms with Crippen LogP contribution in [0.2, 0.25) is 0 Å². The Kier molecular flexibility index (Phi) is 3.61. The molecule has 72 valence electrons. The number of aromatic nitrogens is 1. The topological polar surface area (TPSA) is 33.1 Å². The van der Waals surface area contributed by atoms with E-state index in [1.165, 1.54) is 6.07 Å². The number of nitrogens with zero attached hydrogens (tertiary/aromatic N) is 1. The van der Waals surface area contributed by atoms with E-state index in [0.29, 0.717) is 0 Å². The van der Waals surface area contributed by atoms with Crippen molar-refractivity contribution in [1.29, 1.82) is 0 Å². The maximum atomic E-state index is 12.3. The van der Waals surface area contributed by atoms with Crippen molar-refractivity contribution in [3.8, 4) is 5.75 Å². The lowest BCUT2D eigenvalue weighted by atomic mass is 10.2. The molecule has 0 saturated carbocycles. The van der Waals surface area contributed by atoms with Gasteiger partial charge in [-0.1, -0.05) is 15.9 Å². The molecule has 2 nitrogen and oxygen atoms in total. The summed E-state index contributed by atoms with van der Waals surface area (Å²) in [5.74, 6) is -0.140. The molecule has 0 aliphatic rings. The van der Waals surface area contributed by atoms with E-state index in [2.05, 4.69) is 36.8 Å². The molecule has 0 aliphatic carbocycles. The van der Waals surface area contributed by atoms with Crippen molar-refractivity contribution in [1.82, 2.24) is 4.98 Å². The van der Waals surface area contributed by atoms with Gasteiger partial charge in [0.2, 0.25) is 0 Å². The molecule has 0 fully saturated rings. The van der Waals surface area contributed by atoms with Crippen LogP contribution < -0.4 is 0 Å². The Morgan fingerprint density at radius 3 is 2.62 bits per heavy atom. The minimum Gasteiger partial charge on any atom is -0.505 e. The molecule has 1 aromatic heterocycles. The van der Waals surface area contributed by atoms with E-state index < -0.39 is 6.43 Å². The third-order valence-electron chi connectivity index (χ3n) is 1.42. The van der Waals surface area contributed by atoms with E-state index in [-0.39, 0.29) is 26.9 Å². The molecule has 1 rings (SSSR count). The first-order chi connectivity index (χ1) is 6.06. The Balaban J connectivity index is 3.25. The number of hydrogen-bond donors (Lipinski definition) is 1. The summed E-state index contributed by atoms with van der Waals surface area (Å²) in [4.78, 5) is 3.53. The molecule has 0 radical (unpaired) electrons. The zero-order chi connectivity index (χ0) is 10.0. The van der Waals surface area contributed by atoms with Gasteiger partial charge < -0.3 is 5.11 Å². The van der Waals surface area contributed by atoms with Gasteiger partial charge in [-0.15, -0.1) is 0 Å². The lowest BCUT2D eigenvalue weighted by Gasteiger charge is -2.06. The Hall–Kier alpha value is -0.230. The van der Waals surface area contributed by atoms with E-state index in [0.717, 1.165) is 0 Å². The number of alkyl halides is 3. The van der Waals surface area contributed by atoms with E-state index in [1.807, 2.05) is 0 Å². The van der Waals surface area contributed by atoms with Crippen LogP contribution in [0.4, 0.5) is 8.78 Å². The highest BCUT2D eigenvalue weighted by Gasteiger charge is 2.16. The summed E-state index contributed by atoms with van der Waals surface area (Å²) in [6.07, 6.45) is -2.63. The van der Waals surface area contributed by atoms with Crippen LogP contribution in [0.5, 0.6) is 5.75 Å². The van der Waals surface area contributed by atoms with Gasteiger partial charge >= 0.3 is 0 Å².